The summed E-state index contributed by atoms with van der Waals surface area (Å²) in [6, 6.07) is 0. The molecule has 0 aromatic carbocycles. The fraction of sp³-hybridized carbons (Fsp3) is 0.231. The van der Waals surface area contributed by atoms with Crippen LogP contribution in [-0.4, -0.2) is 35.6 Å². The van der Waals surface area contributed by atoms with E-state index >= 15 is 0 Å². The van der Waals surface area contributed by atoms with Gasteiger partial charge < -0.3 is 5.11 Å². The molecule has 0 unspecified atom stereocenters. The van der Waals surface area contributed by atoms with E-state index in [2.05, 4.69) is 15.2 Å². The van der Waals surface area contributed by atoms with Crippen molar-refractivity contribution in [3.8, 4) is 5.69 Å². The van der Waals surface area contributed by atoms with Crippen molar-refractivity contribution in [2.75, 3.05) is 0 Å². The molecule has 0 aliphatic heterocycles. The average molecular weight is 306 g/mol. The number of halogens is 1. The van der Waals surface area contributed by atoms with Crippen molar-refractivity contribution < 1.29 is 9.90 Å². The lowest BCUT2D eigenvalue weighted by molar-refractivity contribution is 0.0696. The summed E-state index contributed by atoms with van der Waals surface area (Å²) in [5.74, 6) is -1.08. The number of hydrogen-bond donors (Lipinski definition) is 1. The minimum Gasteiger partial charge on any atom is -0.478 e. The Hall–Kier alpha value is -2.41. The predicted molar refractivity (Wildman–Crippen MR) is 77.1 cm³/mol. The van der Waals surface area contributed by atoms with Crippen molar-refractivity contribution in [2.45, 2.75) is 13.8 Å². The molecule has 3 heterocycles. The molecule has 0 spiro atoms. The lowest BCUT2D eigenvalue weighted by atomic mass is 10.2. The van der Waals surface area contributed by atoms with Gasteiger partial charge in [-0.15, -0.1) is 0 Å². The van der Waals surface area contributed by atoms with E-state index in [1.807, 2.05) is 0 Å². The van der Waals surface area contributed by atoms with Gasteiger partial charge in [-0.3, -0.25) is 4.68 Å². The Morgan fingerprint density at radius 2 is 2.05 bits per heavy atom. The molecule has 0 amide bonds. The van der Waals surface area contributed by atoms with Crippen LogP contribution < -0.4 is 0 Å². The van der Waals surface area contributed by atoms with E-state index in [0.29, 0.717) is 33.1 Å². The number of carbonyl (C=O) groups is 1. The highest BCUT2D eigenvalue weighted by Gasteiger charge is 2.22. The van der Waals surface area contributed by atoms with E-state index in [1.165, 1.54) is 10.9 Å². The Kier molecular flexibility index (Phi) is 2.94. The molecule has 7 nitrogen and oxygen atoms in total. The zero-order valence-electron chi connectivity index (χ0n) is 11.6. The first kappa shape index (κ1) is 13.6. The van der Waals surface area contributed by atoms with E-state index in [-0.39, 0.29) is 5.56 Å². The molecule has 0 bridgehead atoms. The molecule has 108 valence electrons. The van der Waals surface area contributed by atoms with Crippen molar-refractivity contribution in [1.82, 2.24) is 24.5 Å². The van der Waals surface area contributed by atoms with Crippen LogP contribution in [0.4, 0.5) is 0 Å². The molecule has 1 N–H and O–H groups in total. The molecule has 0 saturated heterocycles. The molecule has 0 saturated carbocycles. The summed E-state index contributed by atoms with van der Waals surface area (Å²) in [5.41, 5.74) is 2.37. The molecule has 0 fully saturated rings. The number of hydrogen-bond acceptors (Lipinski definition) is 4. The number of aromatic nitrogens is 5. The number of fused-ring (bicyclic) bond motifs is 1. The van der Waals surface area contributed by atoms with Crippen molar-refractivity contribution >= 4 is 28.6 Å². The molecule has 8 heteroatoms. The van der Waals surface area contributed by atoms with E-state index in [9.17, 15) is 9.90 Å². The molecule has 0 aliphatic rings. The third-order valence-corrected chi connectivity index (χ3v) is 3.93. The second kappa shape index (κ2) is 4.56. The largest absolute Gasteiger partial charge is 0.478 e. The Morgan fingerprint density at radius 3 is 2.62 bits per heavy atom. The highest BCUT2D eigenvalue weighted by atomic mass is 35.5. The number of pyridine rings is 1. The van der Waals surface area contributed by atoms with Gasteiger partial charge >= 0.3 is 5.97 Å². The number of carboxylic acids is 1. The summed E-state index contributed by atoms with van der Waals surface area (Å²) < 4.78 is 3.12. The van der Waals surface area contributed by atoms with Gasteiger partial charge in [-0.1, -0.05) is 11.6 Å². The van der Waals surface area contributed by atoms with Crippen LogP contribution in [0.1, 0.15) is 21.7 Å². The van der Waals surface area contributed by atoms with Gasteiger partial charge in [0.1, 0.15) is 5.56 Å². The van der Waals surface area contributed by atoms with E-state index in [0.717, 1.165) is 0 Å². The Morgan fingerprint density at radius 1 is 1.33 bits per heavy atom. The minimum atomic E-state index is -1.08. The van der Waals surface area contributed by atoms with Gasteiger partial charge in [0.25, 0.3) is 0 Å². The summed E-state index contributed by atoms with van der Waals surface area (Å²) in [7, 11) is 1.74. The molecule has 0 aliphatic carbocycles. The highest BCUT2D eigenvalue weighted by Crippen LogP contribution is 2.28. The zero-order chi connectivity index (χ0) is 15.3. The van der Waals surface area contributed by atoms with Crippen molar-refractivity contribution in [3.63, 3.8) is 0 Å². The molecular weight excluding hydrogens is 294 g/mol. The Balaban J connectivity index is 2.46. The van der Waals surface area contributed by atoms with Crippen LogP contribution in [0, 0.1) is 13.8 Å². The lowest BCUT2D eigenvalue weighted by Crippen LogP contribution is -2.10. The third-order valence-electron chi connectivity index (χ3n) is 3.38. The van der Waals surface area contributed by atoms with Gasteiger partial charge in [0.05, 0.1) is 33.7 Å². The van der Waals surface area contributed by atoms with Crippen molar-refractivity contribution in [2.24, 2.45) is 7.05 Å². The fourth-order valence-corrected chi connectivity index (χ4v) is 2.43. The van der Waals surface area contributed by atoms with Gasteiger partial charge in [-0.25, -0.2) is 14.5 Å². The summed E-state index contributed by atoms with van der Waals surface area (Å²) >= 11 is 6.17. The number of carboxylic acid groups (broad SMARTS) is 1. The zero-order valence-corrected chi connectivity index (χ0v) is 12.4. The van der Waals surface area contributed by atoms with E-state index in [1.54, 1.807) is 31.8 Å². The first-order valence-electron chi connectivity index (χ1n) is 6.18. The second-order valence-electron chi connectivity index (χ2n) is 4.73. The number of aryl methyl sites for hydroxylation is 2. The van der Waals surface area contributed by atoms with Crippen molar-refractivity contribution in [3.05, 3.63) is 34.4 Å². The van der Waals surface area contributed by atoms with Gasteiger partial charge in [0, 0.05) is 13.2 Å². The SMILES string of the molecule is Cc1nn(-c2c(C(=O)O)cnc3c2cnn3C)c(C)c1Cl. The highest BCUT2D eigenvalue weighted by molar-refractivity contribution is 6.31. The quantitative estimate of drug-likeness (QED) is 0.783. The van der Waals surface area contributed by atoms with Gasteiger partial charge in [-0.05, 0) is 13.8 Å². The maximum Gasteiger partial charge on any atom is 0.339 e. The summed E-state index contributed by atoms with van der Waals surface area (Å²) in [6.45, 7) is 3.56. The standard InChI is InChI=1S/C13H12ClN5O2/c1-6-10(14)7(2)19(17-6)11-8-5-16-18(3)12(8)15-4-9(11)13(20)21/h4-5H,1-3H3,(H,20,21). The normalized spacial score (nSPS) is 11.2. The fourth-order valence-electron chi connectivity index (χ4n) is 2.31. The molecule has 3 aromatic rings. The Labute approximate surface area is 124 Å². The molecule has 0 radical (unpaired) electrons. The lowest BCUT2D eigenvalue weighted by Gasteiger charge is -2.09. The first-order valence-corrected chi connectivity index (χ1v) is 6.55. The minimum absolute atomic E-state index is 0.0535. The number of rotatable bonds is 2. The predicted octanol–water partition coefficient (Wildman–Crippen LogP) is 2.12. The summed E-state index contributed by atoms with van der Waals surface area (Å²) in [4.78, 5) is 15.7. The van der Waals surface area contributed by atoms with Crippen LogP contribution in [0.15, 0.2) is 12.4 Å². The number of aromatic carboxylic acids is 1. The summed E-state index contributed by atoms with van der Waals surface area (Å²) in [6.07, 6.45) is 2.89. The number of nitrogens with zero attached hydrogens (tertiary/aromatic N) is 5. The topological polar surface area (TPSA) is 85.8 Å². The molecule has 3 rings (SSSR count). The van der Waals surface area contributed by atoms with Crippen LogP contribution in [0.3, 0.4) is 0 Å². The third kappa shape index (κ3) is 1.89. The van der Waals surface area contributed by atoms with Crippen LogP contribution in [0.25, 0.3) is 16.7 Å². The molecule has 21 heavy (non-hydrogen) atoms. The molecule has 3 aromatic heterocycles. The van der Waals surface area contributed by atoms with Crippen molar-refractivity contribution in [1.29, 1.82) is 0 Å². The van der Waals surface area contributed by atoms with Crippen LogP contribution in [-0.2, 0) is 7.05 Å². The van der Waals surface area contributed by atoms with Gasteiger partial charge in [0.15, 0.2) is 5.65 Å². The smallest absolute Gasteiger partial charge is 0.339 e. The van der Waals surface area contributed by atoms with Gasteiger partial charge in [-0.2, -0.15) is 10.2 Å². The van der Waals surface area contributed by atoms with E-state index < -0.39 is 5.97 Å². The average Bonchev–Trinajstić information content (AvgIpc) is 2.94. The molecular formula is C13H12ClN5O2. The maximum absolute atomic E-state index is 11.5. The van der Waals surface area contributed by atoms with Crippen LogP contribution in [0.5, 0.6) is 0 Å². The van der Waals surface area contributed by atoms with Gasteiger partial charge in [0.2, 0.25) is 0 Å². The molecule has 0 atom stereocenters. The van der Waals surface area contributed by atoms with Crippen LogP contribution >= 0.6 is 11.6 Å². The summed E-state index contributed by atoms with van der Waals surface area (Å²) in [5, 5.41) is 19.0. The van der Waals surface area contributed by atoms with Crippen LogP contribution in [0.2, 0.25) is 5.02 Å². The Bertz CT molecular complexity index is 880. The second-order valence-corrected chi connectivity index (χ2v) is 5.11. The van der Waals surface area contributed by atoms with E-state index in [4.69, 9.17) is 11.6 Å². The maximum atomic E-state index is 11.5. The first-order chi connectivity index (χ1) is 9.91. The monoisotopic (exact) mass is 305 g/mol.